The lowest BCUT2D eigenvalue weighted by molar-refractivity contribution is 0.590. The lowest BCUT2D eigenvalue weighted by atomic mass is 9.82. The molecule has 0 saturated carbocycles. The van der Waals surface area contributed by atoms with Gasteiger partial charge in [-0.3, -0.25) is 0 Å². The van der Waals surface area contributed by atoms with Gasteiger partial charge < -0.3 is 9.13 Å². The fourth-order valence-electron chi connectivity index (χ4n) is 13.5. The topological polar surface area (TPSA) is 9.86 Å². The number of benzene rings is 12. The summed E-state index contributed by atoms with van der Waals surface area (Å²) >= 11 is 0. The Morgan fingerprint density at radius 3 is 0.895 bits per heavy atom. The molecule has 0 aliphatic heterocycles. The first kappa shape index (κ1) is 54.7. The molecule has 0 amide bonds. The first-order valence-electron chi connectivity index (χ1n) is 30.8. The summed E-state index contributed by atoms with van der Waals surface area (Å²) in [4.78, 5) is 0. The first-order valence-corrected chi connectivity index (χ1v) is 30.8. The van der Waals surface area contributed by atoms with Crippen LogP contribution >= 0.6 is 0 Å². The molecule has 0 saturated heterocycles. The fraction of sp³-hybridized carbons (Fsp3) is 0.190. The molecule has 2 nitrogen and oxygen atoms in total. The van der Waals surface area contributed by atoms with E-state index in [1.165, 1.54) is 154 Å². The predicted molar refractivity (Wildman–Crippen MR) is 372 cm³/mol. The van der Waals surface area contributed by atoms with Gasteiger partial charge in [0.15, 0.2) is 0 Å². The molecule has 14 aromatic rings. The molecular weight excluding hydrogens is 1040 g/mol. The molecule has 0 radical (unpaired) electrons. The zero-order chi connectivity index (χ0) is 59.6. The quantitative estimate of drug-likeness (QED) is 0.151. The Kier molecular flexibility index (Phi) is 12.8. The van der Waals surface area contributed by atoms with Crippen molar-refractivity contribution in [2.24, 2.45) is 0 Å². The minimum absolute atomic E-state index is 0.00486. The average Bonchev–Trinajstić information content (AvgIpc) is 1.56. The van der Waals surface area contributed by atoms with E-state index in [0.717, 1.165) is 0 Å². The lowest BCUT2D eigenvalue weighted by Gasteiger charge is -2.23. The van der Waals surface area contributed by atoms with Gasteiger partial charge in [-0.1, -0.05) is 277 Å². The van der Waals surface area contributed by atoms with Gasteiger partial charge in [-0.15, -0.1) is 0 Å². The molecule has 0 N–H and O–H groups in total. The van der Waals surface area contributed by atoms with E-state index in [9.17, 15) is 0 Å². The number of hydrogen-bond donors (Lipinski definition) is 0. The summed E-state index contributed by atoms with van der Waals surface area (Å²) in [6, 6.07) is 92.4. The van der Waals surface area contributed by atoms with Crippen molar-refractivity contribution in [2.45, 2.75) is 105 Å². The molecule has 2 heteroatoms. The molecule has 2 aromatic heterocycles. The summed E-state index contributed by atoms with van der Waals surface area (Å²) in [6.45, 7) is 27.6. The highest BCUT2D eigenvalue weighted by Gasteiger charge is 2.24. The van der Waals surface area contributed by atoms with Crippen molar-refractivity contribution in [3.63, 3.8) is 0 Å². The molecule has 0 aliphatic carbocycles. The van der Waals surface area contributed by atoms with E-state index in [1.54, 1.807) is 0 Å². The van der Waals surface area contributed by atoms with Crippen LogP contribution < -0.4 is 0 Å². The van der Waals surface area contributed by atoms with E-state index in [4.69, 9.17) is 0 Å². The van der Waals surface area contributed by atoms with E-state index < -0.39 is 0 Å². The summed E-state index contributed by atoms with van der Waals surface area (Å²) in [5.74, 6) is 0. The fourth-order valence-corrected chi connectivity index (χ4v) is 13.5. The molecule has 0 bridgehead atoms. The van der Waals surface area contributed by atoms with E-state index in [2.05, 4.69) is 335 Å². The van der Waals surface area contributed by atoms with E-state index in [1.807, 2.05) is 0 Å². The maximum Gasteiger partial charge on any atom is 0.0541 e. The number of nitrogens with zero attached hydrogens (tertiary/aromatic N) is 2. The second kappa shape index (κ2) is 20.2. The van der Waals surface area contributed by atoms with Crippen LogP contribution in [0.5, 0.6) is 0 Å². The van der Waals surface area contributed by atoms with Gasteiger partial charge in [0.25, 0.3) is 0 Å². The van der Waals surface area contributed by atoms with Crippen molar-refractivity contribution < 1.29 is 0 Å². The van der Waals surface area contributed by atoms with Crippen LogP contribution in [0, 0.1) is 0 Å². The summed E-state index contributed by atoms with van der Waals surface area (Å²) in [5, 5.41) is 9.82. The third kappa shape index (κ3) is 9.33. The number of para-hydroxylation sites is 2. The zero-order valence-electron chi connectivity index (χ0n) is 52.0. The Morgan fingerprint density at radius 1 is 0.198 bits per heavy atom. The summed E-state index contributed by atoms with van der Waals surface area (Å²) in [5.41, 5.74) is 24.9. The Balaban J connectivity index is 0.890. The van der Waals surface area contributed by atoms with Crippen LogP contribution in [0.1, 0.15) is 105 Å². The maximum absolute atomic E-state index is 2.50. The number of rotatable bonds is 7. The minimum atomic E-state index is -0.00486. The molecule has 0 spiro atoms. The Bertz CT molecular complexity index is 4670. The van der Waals surface area contributed by atoms with E-state index >= 15 is 0 Å². The van der Waals surface area contributed by atoms with Crippen molar-refractivity contribution in [2.75, 3.05) is 0 Å². The van der Waals surface area contributed by atoms with Gasteiger partial charge in [0, 0.05) is 32.3 Å². The van der Waals surface area contributed by atoms with Crippen molar-refractivity contribution in [3.8, 4) is 67.0 Å². The van der Waals surface area contributed by atoms with Crippen LogP contribution in [0.25, 0.3) is 132 Å². The molecule has 0 unspecified atom stereocenters. The predicted octanol–water partition coefficient (Wildman–Crippen LogP) is 23.7. The van der Waals surface area contributed by atoms with Gasteiger partial charge in [-0.25, -0.2) is 0 Å². The van der Waals surface area contributed by atoms with Crippen LogP contribution in [0.15, 0.2) is 243 Å². The highest BCUT2D eigenvalue weighted by molar-refractivity contribution is 6.16. The van der Waals surface area contributed by atoms with Gasteiger partial charge in [-0.2, -0.15) is 0 Å². The Labute approximate surface area is 508 Å². The summed E-state index contributed by atoms with van der Waals surface area (Å²) < 4.78 is 5.00. The zero-order valence-corrected chi connectivity index (χ0v) is 52.0. The van der Waals surface area contributed by atoms with Crippen molar-refractivity contribution in [1.82, 2.24) is 9.13 Å². The SMILES string of the molecule is CC(C)(C)c1ccc(-c2ccc(C(C)(C)C)cc2-c2ccc3c(c2)c2ccccc2n3-c2cccc3c(-c4cccc5c(-n6c7ccccc7c7cc(-c8cc(C(C)(C)C)ccc8-c8ccc(C(C)(C)C)cc8)ccc76)cccc45)cccc23)cc1. The third-order valence-corrected chi connectivity index (χ3v) is 18.4. The molecule has 0 atom stereocenters. The van der Waals surface area contributed by atoms with Crippen molar-refractivity contribution >= 4 is 65.2 Å². The molecule has 422 valence electrons. The molecule has 0 fully saturated rings. The van der Waals surface area contributed by atoms with Gasteiger partial charge in [-0.05, 0) is 159 Å². The molecule has 86 heavy (non-hydrogen) atoms. The largest absolute Gasteiger partial charge is 0.309 e. The smallest absolute Gasteiger partial charge is 0.0541 e. The molecule has 2 heterocycles. The summed E-state index contributed by atoms with van der Waals surface area (Å²) in [6.07, 6.45) is 0. The molecule has 14 rings (SSSR count). The Hall–Kier alpha value is -9.24. The molecular formula is C84H76N2. The first-order chi connectivity index (χ1) is 41.2. The van der Waals surface area contributed by atoms with Gasteiger partial charge in [0.05, 0.1) is 33.4 Å². The number of aromatic nitrogens is 2. The second-order valence-corrected chi connectivity index (χ2v) is 28.2. The third-order valence-electron chi connectivity index (χ3n) is 18.4. The monoisotopic (exact) mass is 1110 g/mol. The van der Waals surface area contributed by atoms with Gasteiger partial charge in [0.2, 0.25) is 0 Å². The number of fused-ring (bicyclic) bond motifs is 8. The maximum atomic E-state index is 2.50. The van der Waals surface area contributed by atoms with Crippen molar-refractivity contribution in [3.05, 3.63) is 265 Å². The Morgan fingerprint density at radius 2 is 0.512 bits per heavy atom. The summed E-state index contributed by atoms with van der Waals surface area (Å²) in [7, 11) is 0. The van der Waals surface area contributed by atoms with E-state index in [0.29, 0.717) is 0 Å². The van der Waals surface area contributed by atoms with Crippen LogP contribution in [0.3, 0.4) is 0 Å². The van der Waals surface area contributed by atoms with Gasteiger partial charge >= 0.3 is 0 Å². The highest BCUT2D eigenvalue weighted by Crippen LogP contribution is 2.46. The molecule has 0 aliphatic rings. The highest BCUT2D eigenvalue weighted by atomic mass is 15.0. The van der Waals surface area contributed by atoms with Crippen LogP contribution in [-0.4, -0.2) is 9.13 Å². The minimum Gasteiger partial charge on any atom is -0.309 e. The number of hydrogen-bond acceptors (Lipinski definition) is 0. The van der Waals surface area contributed by atoms with Crippen LogP contribution in [0.2, 0.25) is 0 Å². The van der Waals surface area contributed by atoms with Crippen LogP contribution in [0.4, 0.5) is 0 Å². The van der Waals surface area contributed by atoms with E-state index in [-0.39, 0.29) is 21.7 Å². The average molecular weight is 1110 g/mol. The molecule has 12 aromatic carbocycles. The van der Waals surface area contributed by atoms with Crippen molar-refractivity contribution in [1.29, 1.82) is 0 Å². The normalized spacial score (nSPS) is 12.7. The standard InChI is InChI=1S/C84H76N2/c1-81(2,3)57-39-33-53(34-40-57)61-45-43-59(83(7,8)9)51-71(61)55-37-47-79-73(49-55)69-21-13-15-29-75(69)85(79)77-31-19-25-65-63(23-17-27-67(65)77)64-24-18-28-68-66(64)26-20-32-78(68)86-76-30-16-14-22-70(76)74-50-56(38-48-80(74)86)72-52-60(84(10,11)12)44-46-62(72)54-35-41-58(42-36-54)82(4,5)6/h13-52H,1-12H3. The van der Waals surface area contributed by atoms with Crippen LogP contribution in [-0.2, 0) is 21.7 Å². The lowest BCUT2D eigenvalue weighted by Crippen LogP contribution is -2.11. The van der Waals surface area contributed by atoms with Gasteiger partial charge in [0.1, 0.15) is 0 Å². The second-order valence-electron chi connectivity index (χ2n) is 28.2.